The van der Waals surface area contributed by atoms with Gasteiger partial charge in [0.05, 0.1) is 11.0 Å². The van der Waals surface area contributed by atoms with E-state index in [4.69, 9.17) is 0 Å². The summed E-state index contributed by atoms with van der Waals surface area (Å²) in [4.78, 5) is 12.2. The molecule has 2 atom stereocenters. The number of sulfonamides is 1. The number of rotatable bonds is 5. The topological polar surface area (TPSA) is 74.7 Å². The molecule has 0 amide bonds. The lowest BCUT2D eigenvalue weighted by atomic mass is 9.86. The molecular weight excluding hydrogens is 302 g/mol. The number of hydrogen-bond donors (Lipinski definition) is 1. The molecule has 1 aromatic carbocycles. The molecule has 6 heteroatoms. The zero-order chi connectivity index (χ0) is 16.3. The molecule has 1 aliphatic carbocycles. The number of aliphatic hydroxyl groups excluding tert-OH is 1. The van der Waals surface area contributed by atoms with Gasteiger partial charge in [-0.25, -0.2) is 8.42 Å². The molecule has 0 heterocycles. The average Bonchev–Trinajstić information content (AvgIpc) is 2.46. The number of carbonyl (C=O) groups excluding carboxylic acids is 1. The first-order chi connectivity index (χ1) is 10.3. The van der Waals surface area contributed by atoms with Crippen molar-refractivity contribution in [3.8, 4) is 0 Å². The van der Waals surface area contributed by atoms with E-state index in [1.54, 1.807) is 31.2 Å². The maximum Gasteiger partial charge on any atom is 0.243 e. The van der Waals surface area contributed by atoms with Gasteiger partial charge in [0.2, 0.25) is 10.0 Å². The van der Waals surface area contributed by atoms with E-state index in [9.17, 15) is 18.3 Å². The molecule has 1 N–H and O–H groups in total. The van der Waals surface area contributed by atoms with Crippen LogP contribution in [-0.2, 0) is 14.8 Å². The van der Waals surface area contributed by atoms with Gasteiger partial charge in [-0.3, -0.25) is 4.79 Å². The smallest absolute Gasteiger partial charge is 0.243 e. The molecule has 22 heavy (non-hydrogen) atoms. The predicted molar refractivity (Wildman–Crippen MR) is 84.0 cm³/mol. The van der Waals surface area contributed by atoms with E-state index >= 15 is 0 Å². The van der Waals surface area contributed by atoms with Crippen molar-refractivity contribution in [2.24, 2.45) is 5.92 Å². The van der Waals surface area contributed by atoms with Crippen LogP contribution in [0.15, 0.2) is 29.2 Å². The van der Waals surface area contributed by atoms with Crippen molar-refractivity contribution in [2.45, 2.75) is 44.1 Å². The summed E-state index contributed by atoms with van der Waals surface area (Å²) in [6.45, 7) is 4.19. The quantitative estimate of drug-likeness (QED) is 0.895. The van der Waals surface area contributed by atoms with Gasteiger partial charge in [-0.1, -0.05) is 24.6 Å². The number of benzene rings is 1. The Labute approximate surface area is 132 Å². The van der Waals surface area contributed by atoms with Crippen molar-refractivity contribution < 1.29 is 18.3 Å². The molecule has 0 aliphatic heterocycles. The molecule has 1 fully saturated rings. The summed E-state index contributed by atoms with van der Waals surface area (Å²) in [6.07, 6.45) is 0.651. The summed E-state index contributed by atoms with van der Waals surface area (Å²) in [5, 5.41) is 9.50. The fourth-order valence-electron chi connectivity index (χ4n) is 2.75. The zero-order valence-corrected chi connectivity index (χ0v) is 13.8. The van der Waals surface area contributed by atoms with Crippen LogP contribution >= 0.6 is 0 Å². The van der Waals surface area contributed by atoms with Crippen LogP contribution in [0.2, 0.25) is 0 Å². The van der Waals surface area contributed by atoms with Gasteiger partial charge in [0.15, 0.2) is 0 Å². The molecule has 0 radical (unpaired) electrons. The lowest BCUT2D eigenvalue weighted by Gasteiger charge is -2.29. The molecule has 0 aromatic heterocycles. The number of ketones is 1. The Morgan fingerprint density at radius 1 is 1.23 bits per heavy atom. The van der Waals surface area contributed by atoms with Gasteiger partial charge in [-0.15, -0.1) is 0 Å². The molecular formula is C16H23NO4S. The first-order valence-corrected chi connectivity index (χ1v) is 9.06. The van der Waals surface area contributed by atoms with Crippen LogP contribution < -0.4 is 0 Å². The second-order valence-electron chi connectivity index (χ2n) is 5.87. The average molecular weight is 325 g/mol. The van der Waals surface area contributed by atoms with E-state index in [1.807, 2.05) is 6.92 Å². The van der Waals surface area contributed by atoms with Crippen molar-refractivity contribution in [3.63, 3.8) is 0 Å². The fourth-order valence-corrected chi connectivity index (χ4v) is 4.25. The molecule has 0 bridgehead atoms. The third kappa shape index (κ3) is 3.74. The third-order valence-electron chi connectivity index (χ3n) is 4.18. The highest BCUT2D eigenvalue weighted by molar-refractivity contribution is 7.89. The van der Waals surface area contributed by atoms with Gasteiger partial charge in [0, 0.05) is 25.4 Å². The Kier molecular flexibility index (Phi) is 5.36. The summed E-state index contributed by atoms with van der Waals surface area (Å²) in [6, 6.07) is 6.73. The van der Waals surface area contributed by atoms with Gasteiger partial charge in [0.25, 0.3) is 0 Å². The Morgan fingerprint density at radius 3 is 2.41 bits per heavy atom. The SMILES string of the molecule is CCN(CC1CCC(O)CC1=O)S(=O)(=O)c1ccc(C)cc1. The van der Waals surface area contributed by atoms with E-state index in [1.165, 1.54) is 4.31 Å². The molecule has 122 valence electrons. The largest absolute Gasteiger partial charge is 0.393 e. The van der Waals surface area contributed by atoms with Crippen molar-refractivity contribution in [1.29, 1.82) is 0 Å². The highest BCUT2D eigenvalue weighted by Crippen LogP contribution is 2.25. The molecule has 1 aromatic rings. The molecule has 0 saturated heterocycles. The van der Waals surface area contributed by atoms with Gasteiger partial charge >= 0.3 is 0 Å². The van der Waals surface area contributed by atoms with E-state index in [0.29, 0.717) is 19.4 Å². The van der Waals surface area contributed by atoms with Crippen molar-refractivity contribution >= 4 is 15.8 Å². The monoisotopic (exact) mass is 325 g/mol. The van der Waals surface area contributed by atoms with Gasteiger partial charge < -0.3 is 5.11 Å². The lowest BCUT2D eigenvalue weighted by Crippen LogP contribution is -2.40. The summed E-state index contributed by atoms with van der Waals surface area (Å²) in [5.41, 5.74) is 0.999. The number of carbonyl (C=O) groups is 1. The lowest BCUT2D eigenvalue weighted by molar-refractivity contribution is -0.127. The highest BCUT2D eigenvalue weighted by atomic mass is 32.2. The van der Waals surface area contributed by atoms with Crippen LogP contribution in [0.25, 0.3) is 0 Å². The standard InChI is InChI=1S/C16H23NO4S/c1-3-17(11-13-6-7-14(18)10-16(13)19)22(20,21)15-8-4-12(2)5-9-15/h4-5,8-9,13-14,18H,3,6-7,10-11H2,1-2H3. The predicted octanol–water partition coefficient (Wildman–Crippen LogP) is 1.74. The second-order valence-corrected chi connectivity index (χ2v) is 7.81. The number of nitrogens with zero attached hydrogens (tertiary/aromatic N) is 1. The molecule has 1 aliphatic rings. The number of aryl methyl sites for hydroxylation is 1. The number of Topliss-reactive ketones (excluding diaryl/α,β-unsaturated/α-hetero) is 1. The minimum atomic E-state index is -3.59. The molecule has 1 saturated carbocycles. The van der Waals surface area contributed by atoms with Gasteiger partial charge in [-0.2, -0.15) is 4.31 Å². The molecule has 2 unspecified atom stereocenters. The zero-order valence-electron chi connectivity index (χ0n) is 13.0. The Bertz CT molecular complexity index is 624. The number of aliphatic hydroxyl groups is 1. The van der Waals surface area contributed by atoms with Gasteiger partial charge in [-0.05, 0) is 31.9 Å². The van der Waals surface area contributed by atoms with Crippen LogP contribution in [0.5, 0.6) is 0 Å². The van der Waals surface area contributed by atoms with E-state index in [2.05, 4.69) is 0 Å². The van der Waals surface area contributed by atoms with Crippen LogP contribution in [0.3, 0.4) is 0 Å². The Morgan fingerprint density at radius 2 is 1.86 bits per heavy atom. The molecule has 5 nitrogen and oxygen atoms in total. The third-order valence-corrected chi connectivity index (χ3v) is 6.13. The first-order valence-electron chi connectivity index (χ1n) is 7.62. The fraction of sp³-hybridized carbons (Fsp3) is 0.562. The second kappa shape index (κ2) is 6.89. The van der Waals surface area contributed by atoms with Crippen LogP contribution in [0, 0.1) is 12.8 Å². The van der Waals surface area contributed by atoms with Crippen molar-refractivity contribution in [2.75, 3.05) is 13.1 Å². The van der Waals surface area contributed by atoms with Crippen molar-refractivity contribution in [3.05, 3.63) is 29.8 Å². The summed E-state index contributed by atoms with van der Waals surface area (Å²) < 4.78 is 26.7. The maximum absolute atomic E-state index is 12.7. The highest BCUT2D eigenvalue weighted by Gasteiger charge is 2.32. The Hall–Kier alpha value is -1.24. The minimum absolute atomic E-state index is 0.0451. The molecule has 2 rings (SSSR count). The minimum Gasteiger partial charge on any atom is -0.393 e. The van der Waals surface area contributed by atoms with E-state index in [-0.39, 0.29) is 29.6 Å². The molecule has 0 spiro atoms. The van der Waals surface area contributed by atoms with Gasteiger partial charge in [0.1, 0.15) is 5.78 Å². The van der Waals surface area contributed by atoms with Crippen LogP contribution in [0.4, 0.5) is 0 Å². The Balaban J connectivity index is 2.16. The van der Waals surface area contributed by atoms with E-state index in [0.717, 1.165) is 5.56 Å². The van der Waals surface area contributed by atoms with E-state index < -0.39 is 16.1 Å². The van der Waals surface area contributed by atoms with Crippen LogP contribution in [-0.4, -0.2) is 42.8 Å². The van der Waals surface area contributed by atoms with Crippen molar-refractivity contribution in [1.82, 2.24) is 4.31 Å². The normalized spacial score (nSPS) is 23.0. The summed E-state index contributed by atoms with van der Waals surface area (Å²) in [5.74, 6) is -0.361. The number of hydrogen-bond acceptors (Lipinski definition) is 4. The first kappa shape index (κ1) is 17.1. The summed E-state index contributed by atoms with van der Waals surface area (Å²) >= 11 is 0. The maximum atomic E-state index is 12.7. The summed E-state index contributed by atoms with van der Waals surface area (Å²) in [7, 11) is -3.59. The van der Waals surface area contributed by atoms with Crippen LogP contribution in [0.1, 0.15) is 31.7 Å².